The molecule has 9 heteroatoms. The van der Waals surface area contributed by atoms with E-state index in [1.54, 1.807) is 48.5 Å². The Bertz CT molecular complexity index is 1400. The number of carbonyl (C=O) groups is 1. The number of imidazole rings is 1. The van der Waals surface area contributed by atoms with Gasteiger partial charge in [0, 0.05) is 15.6 Å². The Balaban J connectivity index is 1.67. The van der Waals surface area contributed by atoms with E-state index in [1.165, 1.54) is 12.1 Å². The monoisotopic (exact) mass is 473 g/mol. The summed E-state index contributed by atoms with van der Waals surface area (Å²) in [5.74, 6) is 0.0103. The maximum Gasteiger partial charge on any atom is 0.265 e. The van der Waals surface area contributed by atoms with Gasteiger partial charge in [0.2, 0.25) is 0 Å². The molecule has 0 aliphatic heterocycles. The summed E-state index contributed by atoms with van der Waals surface area (Å²) in [5.41, 5.74) is 2.42. The Hall–Kier alpha value is -2.87. The number of hydrogen-bond donors (Lipinski definition) is 1. The molecule has 1 heterocycles. The molecule has 0 unspecified atom stereocenters. The Morgan fingerprint density at radius 3 is 2.48 bits per heavy atom. The first-order chi connectivity index (χ1) is 14.7. The third-order valence-electron chi connectivity index (χ3n) is 4.83. The molecule has 0 spiro atoms. The van der Waals surface area contributed by atoms with Crippen LogP contribution in [0.2, 0.25) is 10.0 Å². The molecule has 1 N–H and O–H groups in total. The fraction of sp³-hybridized carbons (Fsp3) is 0.0909. The summed E-state index contributed by atoms with van der Waals surface area (Å²) in [4.78, 5) is 17.2. The van der Waals surface area contributed by atoms with Crippen LogP contribution in [-0.4, -0.2) is 23.9 Å². The van der Waals surface area contributed by atoms with E-state index in [4.69, 9.17) is 23.2 Å². The number of aromatic nitrogens is 2. The second-order valence-corrected chi connectivity index (χ2v) is 9.46. The van der Waals surface area contributed by atoms with Crippen molar-refractivity contribution in [3.05, 3.63) is 93.7 Å². The average Bonchev–Trinajstić information content (AvgIpc) is 3.04. The fourth-order valence-corrected chi connectivity index (χ4v) is 4.71. The summed E-state index contributed by atoms with van der Waals surface area (Å²) in [6, 6.07) is 17.8. The minimum absolute atomic E-state index is 0.0164. The first kappa shape index (κ1) is 21.4. The van der Waals surface area contributed by atoms with Crippen LogP contribution in [0.3, 0.4) is 0 Å². The molecule has 4 rings (SSSR count). The number of amides is 1. The van der Waals surface area contributed by atoms with Crippen molar-refractivity contribution in [1.82, 2.24) is 14.3 Å². The second kappa shape index (κ2) is 8.34. The summed E-state index contributed by atoms with van der Waals surface area (Å²) >= 11 is 12.3. The predicted molar refractivity (Wildman–Crippen MR) is 121 cm³/mol. The quantitative estimate of drug-likeness (QED) is 0.450. The zero-order valence-corrected chi connectivity index (χ0v) is 18.7. The highest BCUT2D eigenvalue weighted by molar-refractivity contribution is 7.90. The number of benzene rings is 3. The van der Waals surface area contributed by atoms with Crippen molar-refractivity contribution in [3.63, 3.8) is 0 Å². The van der Waals surface area contributed by atoms with Gasteiger partial charge >= 0.3 is 0 Å². The minimum atomic E-state index is -3.98. The summed E-state index contributed by atoms with van der Waals surface area (Å²) in [5, 5.41) is 1.07. The number of sulfonamides is 1. The van der Waals surface area contributed by atoms with E-state index in [2.05, 4.69) is 9.71 Å². The van der Waals surface area contributed by atoms with Crippen molar-refractivity contribution < 1.29 is 13.2 Å². The lowest BCUT2D eigenvalue weighted by molar-refractivity contribution is 0.0981. The molecule has 1 aromatic heterocycles. The van der Waals surface area contributed by atoms with Gasteiger partial charge in [-0.15, -0.1) is 0 Å². The van der Waals surface area contributed by atoms with Crippen molar-refractivity contribution in [1.29, 1.82) is 0 Å². The van der Waals surface area contributed by atoms with E-state index >= 15 is 0 Å². The molecule has 6 nitrogen and oxygen atoms in total. The van der Waals surface area contributed by atoms with Crippen LogP contribution in [0.15, 0.2) is 71.6 Å². The first-order valence-corrected chi connectivity index (χ1v) is 11.5. The van der Waals surface area contributed by atoms with Crippen LogP contribution in [0.5, 0.6) is 0 Å². The van der Waals surface area contributed by atoms with Gasteiger partial charge in [-0.25, -0.2) is 18.1 Å². The number of nitrogens with one attached hydrogen (secondary N) is 1. The van der Waals surface area contributed by atoms with Gasteiger partial charge < -0.3 is 4.57 Å². The summed E-state index contributed by atoms with van der Waals surface area (Å²) in [6.07, 6.45) is 0. The molecule has 1 amide bonds. The number of aryl methyl sites for hydroxylation is 1. The average molecular weight is 474 g/mol. The Morgan fingerprint density at radius 1 is 1.03 bits per heavy atom. The zero-order valence-electron chi connectivity index (χ0n) is 16.3. The van der Waals surface area contributed by atoms with E-state index in [-0.39, 0.29) is 10.5 Å². The van der Waals surface area contributed by atoms with Crippen LogP contribution in [0.25, 0.3) is 11.0 Å². The number of halogens is 2. The predicted octanol–water partition coefficient (Wildman–Crippen LogP) is 4.82. The van der Waals surface area contributed by atoms with Crippen LogP contribution in [0.1, 0.15) is 21.7 Å². The lowest BCUT2D eigenvalue weighted by Gasteiger charge is -2.10. The van der Waals surface area contributed by atoms with Gasteiger partial charge in [0.15, 0.2) is 0 Å². The van der Waals surface area contributed by atoms with E-state index in [1.807, 2.05) is 17.6 Å². The first-order valence-electron chi connectivity index (χ1n) is 9.27. The Morgan fingerprint density at radius 2 is 1.77 bits per heavy atom. The van der Waals surface area contributed by atoms with Gasteiger partial charge in [0.25, 0.3) is 15.9 Å². The third-order valence-corrected chi connectivity index (χ3v) is 6.76. The Kier molecular flexibility index (Phi) is 5.75. The Labute approximate surface area is 189 Å². The molecule has 158 valence electrons. The van der Waals surface area contributed by atoms with Crippen LogP contribution in [-0.2, 0) is 16.6 Å². The molecule has 0 fully saturated rings. The molecule has 31 heavy (non-hydrogen) atoms. The van der Waals surface area contributed by atoms with Gasteiger partial charge in [-0.2, -0.15) is 0 Å². The van der Waals surface area contributed by atoms with Crippen LogP contribution >= 0.6 is 23.2 Å². The van der Waals surface area contributed by atoms with E-state index < -0.39 is 15.9 Å². The van der Waals surface area contributed by atoms with Crippen molar-refractivity contribution in [3.8, 4) is 0 Å². The molecule has 0 saturated heterocycles. The molecule has 0 aliphatic carbocycles. The fourth-order valence-electron chi connectivity index (χ4n) is 3.24. The van der Waals surface area contributed by atoms with Gasteiger partial charge in [-0.05, 0) is 55.0 Å². The standard InChI is InChI=1S/C22H17Cl2N3O3S/c1-14-25-20-10-8-15(22(28)26-31(29,30)18-5-3-2-4-6-18)11-21(20)27(14)13-16-7-9-17(23)12-19(16)24/h2-12H,13H2,1H3,(H,26,28). The molecule has 4 aromatic rings. The lowest BCUT2D eigenvalue weighted by Crippen LogP contribution is -2.30. The number of carbonyl (C=O) groups excluding carboxylic acids is 1. The van der Waals surface area contributed by atoms with E-state index in [0.717, 1.165) is 11.4 Å². The number of hydrogen-bond acceptors (Lipinski definition) is 4. The minimum Gasteiger partial charge on any atom is -0.324 e. The van der Waals surface area contributed by atoms with Gasteiger partial charge in [-0.1, -0.05) is 47.5 Å². The van der Waals surface area contributed by atoms with Crippen LogP contribution in [0.4, 0.5) is 0 Å². The number of nitrogens with zero attached hydrogens (tertiary/aromatic N) is 2. The van der Waals surface area contributed by atoms with Crippen LogP contribution < -0.4 is 4.72 Å². The second-order valence-electron chi connectivity index (χ2n) is 6.93. The van der Waals surface area contributed by atoms with E-state index in [9.17, 15) is 13.2 Å². The maximum absolute atomic E-state index is 12.7. The molecular formula is C22H17Cl2N3O3S. The number of rotatable bonds is 5. The molecule has 0 saturated carbocycles. The lowest BCUT2D eigenvalue weighted by atomic mass is 10.2. The van der Waals surface area contributed by atoms with Crippen molar-refractivity contribution in [2.24, 2.45) is 0 Å². The van der Waals surface area contributed by atoms with Crippen LogP contribution in [0, 0.1) is 6.92 Å². The molecular weight excluding hydrogens is 457 g/mol. The largest absolute Gasteiger partial charge is 0.324 e. The van der Waals surface area contributed by atoms with Gasteiger partial charge in [0.1, 0.15) is 5.82 Å². The van der Waals surface area contributed by atoms with Gasteiger partial charge in [0.05, 0.1) is 22.5 Å². The smallest absolute Gasteiger partial charge is 0.265 e. The highest BCUT2D eigenvalue weighted by Gasteiger charge is 2.19. The van der Waals surface area contributed by atoms with Crippen molar-refractivity contribution in [2.45, 2.75) is 18.4 Å². The highest BCUT2D eigenvalue weighted by Crippen LogP contribution is 2.25. The highest BCUT2D eigenvalue weighted by atomic mass is 35.5. The normalized spacial score (nSPS) is 11.6. The molecule has 0 radical (unpaired) electrons. The number of fused-ring (bicyclic) bond motifs is 1. The SMILES string of the molecule is Cc1nc2ccc(C(=O)NS(=O)(=O)c3ccccc3)cc2n1Cc1ccc(Cl)cc1Cl. The molecule has 3 aromatic carbocycles. The van der Waals surface area contributed by atoms with Crippen molar-refractivity contribution >= 4 is 50.2 Å². The summed E-state index contributed by atoms with van der Waals surface area (Å²) in [7, 11) is -3.98. The maximum atomic E-state index is 12.7. The molecule has 0 bridgehead atoms. The topological polar surface area (TPSA) is 81.1 Å². The molecule has 0 atom stereocenters. The van der Waals surface area contributed by atoms with Crippen molar-refractivity contribution in [2.75, 3.05) is 0 Å². The van der Waals surface area contributed by atoms with E-state index in [0.29, 0.717) is 27.6 Å². The summed E-state index contributed by atoms with van der Waals surface area (Å²) in [6.45, 7) is 2.27. The third kappa shape index (κ3) is 4.44. The zero-order chi connectivity index (χ0) is 22.2. The molecule has 0 aliphatic rings. The van der Waals surface area contributed by atoms with Gasteiger partial charge in [-0.3, -0.25) is 4.79 Å². The summed E-state index contributed by atoms with van der Waals surface area (Å²) < 4.78 is 29.0.